The summed E-state index contributed by atoms with van der Waals surface area (Å²) in [5, 5.41) is 7.88. The van der Waals surface area contributed by atoms with Gasteiger partial charge in [0.1, 0.15) is 17.9 Å². The Labute approximate surface area is 427 Å². The molecule has 0 aromatic heterocycles. The molecule has 8 unspecified atom stereocenters. The van der Waals surface area contributed by atoms with E-state index in [2.05, 4.69) is 76.2 Å². The molecule has 410 valence electrons. The van der Waals surface area contributed by atoms with Crippen LogP contribution in [0.4, 0.5) is 0 Å². The lowest BCUT2D eigenvalue weighted by atomic mass is 9.81. The highest BCUT2D eigenvalue weighted by atomic mass is 16.6. The minimum Gasteiger partial charge on any atom is -0.458 e. The number of aldehydes is 1. The Morgan fingerprint density at radius 2 is 1.35 bits per heavy atom. The monoisotopic (exact) mass is 983 g/mol. The van der Waals surface area contributed by atoms with Gasteiger partial charge in [-0.3, -0.25) is 14.4 Å². The molecular weight excluding hydrogens is 869 g/mol. The van der Waals surface area contributed by atoms with Gasteiger partial charge in [-0.1, -0.05) is 181 Å². The lowest BCUT2D eigenvalue weighted by molar-refractivity contribution is -0.158. The van der Waals surface area contributed by atoms with E-state index in [0.717, 1.165) is 37.7 Å². The standard InChI is InChI=1S/C24H47NO3.C14H19NO3.C8H16N2O2.C3H8.4C2H6/c1-9-12-13-20(18(6)10-2)22(27-7)16-23(26)25-19(11-3)14-15-21(25)24(28-8)17(4)5;1-14(2,3)18-13(17)12(15-10-16)9-11-7-5-4-6-8-11;1-6(2)7(9-3)8(12)10-4-5-11;1-3-2;4*1-2/h17-22,24H,9-16H2,1-8H3;4-8,10,12H,9H2,1-3H3,(H,15,16);5-7,9H,4H2,1-3H3,(H,10,12);3H2,1-2H3;4*1-2H3. The van der Waals surface area contributed by atoms with Gasteiger partial charge in [0.2, 0.25) is 18.2 Å². The van der Waals surface area contributed by atoms with Crippen LogP contribution in [0.3, 0.4) is 0 Å². The highest BCUT2D eigenvalue weighted by molar-refractivity contribution is 5.83. The lowest BCUT2D eigenvalue weighted by Crippen LogP contribution is -2.50. The maximum Gasteiger partial charge on any atom is 0.329 e. The number of benzene rings is 1. The molecule has 12 nitrogen and oxygen atoms in total. The van der Waals surface area contributed by atoms with E-state index < -0.39 is 17.6 Å². The van der Waals surface area contributed by atoms with Gasteiger partial charge >= 0.3 is 5.97 Å². The number of unbranched alkanes of at least 4 members (excludes halogenated alkanes) is 1. The number of ether oxygens (including phenoxy) is 3. The number of nitrogens with zero attached hydrogens (tertiary/aromatic N) is 1. The molecule has 1 aromatic carbocycles. The van der Waals surface area contributed by atoms with E-state index in [1.165, 1.54) is 19.3 Å². The summed E-state index contributed by atoms with van der Waals surface area (Å²) in [6, 6.07) is 9.16. The van der Waals surface area contributed by atoms with Crippen molar-refractivity contribution in [1.29, 1.82) is 0 Å². The van der Waals surface area contributed by atoms with Crippen molar-refractivity contribution in [2.24, 2.45) is 23.7 Å². The Bertz CT molecular complexity index is 1310. The molecule has 1 saturated heterocycles. The van der Waals surface area contributed by atoms with Crippen LogP contribution in [-0.4, -0.2) is 105 Å². The fourth-order valence-corrected chi connectivity index (χ4v) is 7.70. The van der Waals surface area contributed by atoms with E-state index in [4.69, 9.17) is 14.2 Å². The number of methoxy groups -OCH3 is 2. The second-order valence-corrected chi connectivity index (χ2v) is 17.8. The van der Waals surface area contributed by atoms with Crippen LogP contribution in [-0.2, 0) is 44.6 Å². The van der Waals surface area contributed by atoms with Crippen molar-refractivity contribution >= 4 is 30.5 Å². The summed E-state index contributed by atoms with van der Waals surface area (Å²) in [5.41, 5.74) is 0.416. The van der Waals surface area contributed by atoms with E-state index in [1.54, 1.807) is 42.0 Å². The molecule has 0 radical (unpaired) electrons. The largest absolute Gasteiger partial charge is 0.458 e. The molecule has 0 bridgehead atoms. The zero-order chi connectivity index (χ0) is 55.1. The van der Waals surface area contributed by atoms with Crippen molar-refractivity contribution in [2.75, 3.05) is 27.8 Å². The molecule has 2 rings (SSSR count). The number of rotatable bonds is 23. The minimum absolute atomic E-state index is 0.00722. The summed E-state index contributed by atoms with van der Waals surface area (Å²) < 4.78 is 17.0. The summed E-state index contributed by atoms with van der Waals surface area (Å²) in [5.74, 6) is 1.36. The fraction of sp³-hybridized carbons (Fsp3) is 0.807. The van der Waals surface area contributed by atoms with E-state index in [9.17, 15) is 24.0 Å². The van der Waals surface area contributed by atoms with Crippen molar-refractivity contribution in [3.05, 3.63) is 35.9 Å². The van der Waals surface area contributed by atoms with Crippen LogP contribution in [0.1, 0.15) is 209 Å². The summed E-state index contributed by atoms with van der Waals surface area (Å²) >= 11 is 0. The van der Waals surface area contributed by atoms with Gasteiger partial charge < -0.3 is 39.9 Å². The van der Waals surface area contributed by atoms with E-state index in [-0.39, 0.29) is 48.6 Å². The first-order valence-corrected chi connectivity index (χ1v) is 27.0. The third-order valence-electron chi connectivity index (χ3n) is 10.9. The number of likely N-dealkylation sites (tertiary alicyclic amines) is 1. The molecule has 1 heterocycles. The van der Waals surface area contributed by atoms with Crippen LogP contribution in [0, 0.1) is 23.7 Å². The molecular formula is C57H114N4O8. The Hall–Kier alpha value is -3.35. The molecule has 3 N–H and O–H groups in total. The number of hydrogen-bond acceptors (Lipinski definition) is 9. The number of carbonyl (C=O) groups is 5. The number of likely N-dealkylation sites (N-methyl/N-ethyl adjacent to an activating group) is 1. The fourth-order valence-electron chi connectivity index (χ4n) is 7.70. The number of amides is 3. The summed E-state index contributed by atoms with van der Waals surface area (Å²) in [4.78, 5) is 59.4. The second-order valence-electron chi connectivity index (χ2n) is 17.8. The maximum absolute atomic E-state index is 13.5. The van der Waals surface area contributed by atoms with Crippen molar-refractivity contribution in [3.8, 4) is 0 Å². The van der Waals surface area contributed by atoms with Gasteiger partial charge in [0, 0.05) is 26.7 Å². The average Bonchev–Trinajstić information content (AvgIpc) is 3.77. The Balaban J connectivity index is -0.000000208. The van der Waals surface area contributed by atoms with Gasteiger partial charge in [0.15, 0.2) is 0 Å². The quantitative estimate of drug-likeness (QED) is 0.0718. The second kappa shape index (κ2) is 51.0. The van der Waals surface area contributed by atoms with Crippen LogP contribution in [0.15, 0.2) is 30.3 Å². The topological polar surface area (TPSA) is 152 Å². The SMILES string of the molecule is CC.CC.CC.CC.CC(C)(C)OC(=O)C(Cc1ccccc1)NC=O.CCC.CCCCC(C(C)CC)C(CC(=O)N1C(CC)CCC1C(OC)C(C)C)OC.CNC(C(=O)NCC=O)C(C)C. The molecule has 1 aliphatic heterocycles. The smallest absolute Gasteiger partial charge is 0.329 e. The van der Waals surface area contributed by atoms with Gasteiger partial charge in [-0.25, -0.2) is 4.79 Å². The van der Waals surface area contributed by atoms with E-state index in [1.807, 2.05) is 99.6 Å². The van der Waals surface area contributed by atoms with Gasteiger partial charge in [-0.15, -0.1) is 0 Å². The third-order valence-corrected chi connectivity index (χ3v) is 10.9. The van der Waals surface area contributed by atoms with Gasteiger partial charge in [-0.05, 0) is 82.7 Å². The van der Waals surface area contributed by atoms with Crippen LogP contribution >= 0.6 is 0 Å². The summed E-state index contributed by atoms with van der Waals surface area (Å²) in [6.45, 7) is 43.0. The molecule has 1 fully saturated rings. The van der Waals surface area contributed by atoms with Crippen molar-refractivity contribution in [1.82, 2.24) is 20.9 Å². The zero-order valence-corrected chi connectivity index (χ0v) is 49.3. The highest BCUT2D eigenvalue weighted by Crippen LogP contribution is 2.35. The van der Waals surface area contributed by atoms with Gasteiger partial charge in [-0.2, -0.15) is 0 Å². The summed E-state index contributed by atoms with van der Waals surface area (Å²) in [6.07, 6.45) is 11.3. The number of nitrogens with one attached hydrogen (secondary N) is 3. The minimum atomic E-state index is -0.649. The average molecular weight is 984 g/mol. The van der Waals surface area contributed by atoms with Crippen LogP contribution < -0.4 is 16.0 Å². The van der Waals surface area contributed by atoms with E-state index >= 15 is 0 Å². The van der Waals surface area contributed by atoms with Crippen LogP contribution in [0.25, 0.3) is 0 Å². The maximum atomic E-state index is 13.5. The third kappa shape index (κ3) is 36.3. The first-order valence-electron chi connectivity index (χ1n) is 27.0. The molecule has 3 amide bonds. The predicted molar refractivity (Wildman–Crippen MR) is 295 cm³/mol. The van der Waals surface area contributed by atoms with Crippen LogP contribution in [0.2, 0.25) is 0 Å². The Morgan fingerprint density at radius 1 is 0.812 bits per heavy atom. The molecule has 0 aliphatic carbocycles. The van der Waals surface area contributed by atoms with Gasteiger partial charge in [0.25, 0.3) is 0 Å². The first kappa shape index (κ1) is 77.1. The number of esters is 1. The normalized spacial score (nSPS) is 16.0. The molecule has 8 atom stereocenters. The van der Waals surface area contributed by atoms with Crippen molar-refractivity contribution < 1.29 is 38.2 Å². The van der Waals surface area contributed by atoms with Gasteiger partial charge in [0.05, 0.1) is 37.3 Å². The predicted octanol–water partition coefficient (Wildman–Crippen LogP) is 12.4. The highest BCUT2D eigenvalue weighted by Gasteiger charge is 2.42. The molecule has 0 saturated carbocycles. The van der Waals surface area contributed by atoms with Crippen LogP contribution in [0.5, 0.6) is 0 Å². The van der Waals surface area contributed by atoms with E-state index in [0.29, 0.717) is 49.3 Å². The number of hydrogen-bond donors (Lipinski definition) is 3. The van der Waals surface area contributed by atoms with Crippen molar-refractivity contribution in [2.45, 2.75) is 252 Å². The Kier molecular flexibility index (Phi) is 57.0. The number of carbonyl (C=O) groups excluding carboxylic acids is 5. The van der Waals surface area contributed by atoms with Crippen molar-refractivity contribution in [3.63, 3.8) is 0 Å². The molecule has 1 aliphatic rings. The zero-order valence-electron chi connectivity index (χ0n) is 49.3. The summed E-state index contributed by atoms with van der Waals surface area (Å²) in [7, 11) is 5.30. The molecule has 12 heteroatoms. The lowest BCUT2D eigenvalue weighted by Gasteiger charge is -2.38. The molecule has 1 aromatic rings. The molecule has 69 heavy (non-hydrogen) atoms. The molecule has 0 spiro atoms. The Morgan fingerprint density at radius 3 is 1.72 bits per heavy atom. The first-order chi connectivity index (χ1) is 32.8.